The fourth-order valence-corrected chi connectivity index (χ4v) is 2.09. The first-order valence-electron chi connectivity index (χ1n) is 5.51. The predicted octanol–water partition coefficient (Wildman–Crippen LogP) is 1.96. The van der Waals surface area contributed by atoms with Gasteiger partial charge >= 0.3 is 5.97 Å². The lowest BCUT2D eigenvalue weighted by atomic mass is 10.3. The minimum atomic E-state index is -1.32. The molecule has 0 radical (unpaired) electrons. The van der Waals surface area contributed by atoms with Gasteiger partial charge in [-0.15, -0.1) is 11.8 Å². The molecule has 0 aliphatic carbocycles. The zero-order valence-corrected chi connectivity index (χ0v) is 11.3. The second-order valence-corrected chi connectivity index (χ2v) is 4.79. The van der Waals surface area contributed by atoms with E-state index in [1.54, 1.807) is 18.7 Å². The lowest BCUT2D eigenvalue weighted by molar-refractivity contribution is 0.0686. The van der Waals surface area contributed by atoms with E-state index in [-0.39, 0.29) is 0 Å². The topological polar surface area (TPSA) is 72.2 Å². The molecule has 1 aromatic heterocycles. The van der Waals surface area contributed by atoms with Gasteiger partial charge in [-0.3, -0.25) is 4.79 Å². The van der Waals surface area contributed by atoms with Crippen molar-refractivity contribution in [3.05, 3.63) is 51.9 Å². The van der Waals surface area contributed by atoms with E-state index >= 15 is 0 Å². The molecule has 0 bridgehead atoms. The third-order valence-corrected chi connectivity index (χ3v) is 3.37. The quantitative estimate of drug-likeness (QED) is 0.868. The molecule has 0 amide bonds. The van der Waals surface area contributed by atoms with E-state index in [1.807, 2.05) is 30.5 Å². The Kier molecular flexibility index (Phi) is 3.71. The van der Waals surface area contributed by atoms with Crippen LogP contribution in [0.2, 0.25) is 0 Å². The molecule has 2 rings (SSSR count). The van der Waals surface area contributed by atoms with Crippen molar-refractivity contribution in [1.29, 1.82) is 0 Å². The van der Waals surface area contributed by atoms with Gasteiger partial charge in [-0.1, -0.05) is 0 Å². The number of aromatic nitrogens is 2. The summed E-state index contributed by atoms with van der Waals surface area (Å²) in [5, 5.41) is 12.8. The number of carboxylic acid groups (broad SMARTS) is 1. The van der Waals surface area contributed by atoms with Crippen LogP contribution in [0.15, 0.2) is 40.0 Å². The summed E-state index contributed by atoms with van der Waals surface area (Å²) in [6.45, 7) is 1.71. The number of nitrogens with zero attached hydrogens (tertiary/aromatic N) is 2. The van der Waals surface area contributed by atoms with Gasteiger partial charge in [0.05, 0.1) is 5.69 Å². The molecule has 19 heavy (non-hydrogen) atoms. The van der Waals surface area contributed by atoms with E-state index in [0.29, 0.717) is 5.69 Å². The van der Waals surface area contributed by atoms with Gasteiger partial charge in [0.1, 0.15) is 0 Å². The van der Waals surface area contributed by atoms with Gasteiger partial charge in [0.25, 0.3) is 0 Å². The summed E-state index contributed by atoms with van der Waals surface area (Å²) in [6.07, 6.45) is 1.97. The number of carboxylic acids is 1. The molecule has 0 saturated heterocycles. The van der Waals surface area contributed by atoms with E-state index < -0.39 is 17.1 Å². The van der Waals surface area contributed by atoms with Crippen molar-refractivity contribution in [2.24, 2.45) is 0 Å². The van der Waals surface area contributed by atoms with Gasteiger partial charge < -0.3 is 5.11 Å². The molecule has 1 N–H and O–H groups in total. The van der Waals surface area contributed by atoms with E-state index in [9.17, 15) is 9.59 Å². The second-order valence-electron chi connectivity index (χ2n) is 3.91. The smallest absolute Gasteiger partial charge is 0.360 e. The average molecular weight is 276 g/mol. The van der Waals surface area contributed by atoms with Crippen molar-refractivity contribution in [3.63, 3.8) is 0 Å². The first kappa shape index (κ1) is 13.4. The Bertz CT molecular complexity index is 677. The first-order chi connectivity index (χ1) is 9.02. The summed E-state index contributed by atoms with van der Waals surface area (Å²) < 4.78 is 1.45. The molecule has 0 aliphatic heterocycles. The molecule has 5 nitrogen and oxygen atoms in total. The van der Waals surface area contributed by atoms with Crippen LogP contribution in [0.1, 0.15) is 16.2 Å². The van der Waals surface area contributed by atoms with Crippen molar-refractivity contribution in [2.75, 3.05) is 6.26 Å². The summed E-state index contributed by atoms with van der Waals surface area (Å²) in [7, 11) is 0. The molecule has 0 unspecified atom stereocenters. The minimum Gasteiger partial charge on any atom is -0.476 e. The van der Waals surface area contributed by atoms with E-state index in [1.165, 1.54) is 10.7 Å². The molecule has 0 saturated carbocycles. The highest BCUT2D eigenvalue weighted by atomic mass is 32.2. The molecule has 0 aliphatic rings. The number of rotatable bonds is 3. The fourth-order valence-electron chi connectivity index (χ4n) is 1.68. The van der Waals surface area contributed by atoms with Crippen LogP contribution in [-0.2, 0) is 0 Å². The number of aryl methyl sites for hydroxylation is 1. The van der Waals surface area contributed by atoms with Gasteiger partial charge in [0.2, 0.25) is 11.1 Å². The number of aromatic carboxylic acids is 1. The van der Waals surface area contributed by atoms with Gasteiger partial charge in [0, 0.05) is 16.7 Å². The molecule has 0 spiro atoms. The predicted molar refractivity (Wildman–Crippen MR) is 73.3 cm³/mol. The van der Waals surface area contributed by atoms with Crippen LogP contribution in [0.3, 0.4) is 0 Å². The maximum absolute atomic E-state index is 11.5. The Morgan fingerprint density at radius 2 is 1.95 bits per heavy atom. The van der Waals surface area contributed by atoms with Gasteiger partial charge in [-0.05, 0) is 37.4 Å². The fraction of sp³-hybridized carbons (Fsp3) is 0.154. The normalized spacial score (nSPS) is 10.4. The Labute approximate surface area is 113 Å². The van der Waals surface area contributed by atoms with Crippen LogP contribution in [-0.4, -0.2) is 27.1 Å². The monoisotopic (exact) mass is 276 g/mol. The van der Waals surface area contributed by atoms with Crippen molar-refractivity contribution in [3.8, 4) is 5.69 Å². The lowest BCUT2D eigenvalue weighted by Crippen LogP contribution is -2.22. The highest BCUT2D eigenvalue weighted by Gasteiger charge is 2.13. The van der Waals surface area contributed by atoms with Crippen molar-refractivity contribution < 1.29 is 9.90 Å². The van der Waals surface area contributed by atoms with Gasteiger partial charge in [-0.2, -0.15) is 5.10 Å². The van der Waals surface area contributed by atoms with Crippen molar-refractivity contribution in [1.82, 2.24) is 9.78 Å². The van der Waals surface area contributed by atoms with Crippen LogP contribution in [0.4, 0.5) is 0 Å². The molecule has 6 heteroatoms. The molecular formula is C13H12N2O3S. The number of thioether (sulfide) groups is 1. The van der Waals surface area contributed by atoms with E-state index in [2.05, 4.69) is 5.10 Å². The summed E-state index contributed by atoms with van der Waals surface area (Å²) in [4.78, 5) is 23.5. The number of hydrogen-bond acceptors (Lipinski definition) is 4. The van der Waals surface area contributed by atoms with Crippen LogP contribution >= 0.6 is 11.8 Å². The SMILES string of the molecule is CSc1ccc(-n2nc(C(=O)O)c(=O)cc2C)cc1. The number of hydrogen-bond donors (Lipinski definition) is 1. The molecular weight excluding hydrogens is 264 g/mol. The highest BCUT2D eigenvalue weighted by molar-refractivity contribution is 7.98. The molecule has 1 aromatic carbocycles. The van der Waals surface area contributed by atoms with Crippen LogP contribution < -0.4 is 5.43 Å². The maximum Gasteiger partial charge on any atom is 0.360 e. The Morgan fingerprint density at radius 3 is 2.47 bits per heavy atom. The summed E-state index contributed by atoms with van der Waals surface area (Å²) in [5.41, 5.74) is 0.256. The lowest BCUT2D eigenvalue weighted by Gasteiger charge is -2.10. The third-order valence-electron chi connectivity index (χ3n) is 2.63. The Hall–Kier alpha value is -2.08. The van der Waals surface area contributed by atoms with Crippen LogP contribution in [0.25, 0.3) is 5.69 Å². The van der Waals surface area contributed by atoms with Crippen molar-refractivity contribution in [2.45, 2.75) is 11.8 Å². The molecule has 98 valence electrons. The molecule has 0 fully saturated rings. The molecule has 1 heterocycles. The average Bonchev–Trinajstić information content (AvgIpc) is 2.38. The zero-order valence-electron chi connectivity index (χ0n) is 10.5. The largest absolute Gasteiger partial charge is 0.476 e. The second kappa shape index (κ2) is 5.27. The first-order valence-corrected chi connectivity index (χ1v) is 6.74. The van der Waals surface area contributed by atoms with E-state index in [4.69, 9.17) is 5.11 Å². The van der Waals surface area contributed by atoms with Gasteiger partial charge in [0.15, 0.2) is 0 Å². The molecule has 0 atom stereocenters. The van der Waals surface area contributed by atoms with E-state index in [0.717, 1.165) is 10.6 Å². The van der Waals surface area contributed by atoms with Crippen LogP contribution in [0, 0.1) is 6.92 Å². The summed E-state index contributed by atoms with van der Waals surface area (Å²) in [6, 6.07) is 8.78. The number of benzene rings is 1. The standard InChI is InChI=1S/C13H12N2O3S/c1-8-7-11(16)12(13(17)18)14-15(8)9-3-5-10(19-2)6-4-9/h3-7H,1-2H3,(H,17,18). The maximum atomic E-state index is 11.5. The summed E-state index contributed by atoms with van der Waals surface area (Å²) >= 11 is 1.61. The Balaban J connectivity index is 2.57. The number of carbonyl (C=O) groups is 1. The summed E-state index contributed by atoms with van der Waals surface area (Å²) in [5.74, 6) is -1.32. The minimum absolute atomic E-state index is 0.473. The molecule has 2 aromatic rings. The zero-order chi connectivity index (χ0) is 14.0. The van der Waals surface area contributed by atoms with Crippen molar-refractivity contribution >= 4 is 17.7 Å². The third kappa shape index (κ3) is 2.68. The highest BCUT2D eigenvalue weighted by Crippen LogP contribution is 2.17. The van der Waals surface area contributed by atoms with Crippen LogP contribution in [0.5, 0.6) is 0 Å². The van der Waals surface area contributed by atoms with Gasteiger partial charge in [-0.25, -0.2) is 9.48 Å². The Morgan fingerprint density at radius 1 is 1.32 bits per heavy atom.